The summed E-state index contributed by atoms with van der Waals surface area (Å²) in [5, 5.41) is 13.1. The molecule has 5 heteroatoms. The van der Waals surface area contributed by atoms with E-state index >= 15 is 0 Å². The Balaban J connectivity index is 2.18. The number of carbonyl (C=O) groups excluding carboxylic acids is 1. The number of hydrogen-bond acceptors (Lipinski definition) is 3. The van der Waals surface area contributed by atoms with Crippen molar-refractivity contribution in [3.63, 3.8) is 0 Å². The van der Waals surface area contributed by atoms with Crippen molar-refractivity contribution in [1.82, 2.24) is 10.6 Å². The molecule has 0 aromatic heterocycles. The molecule has 1 aliphatic rings. The van der Waals surface area contributed by atoms with Crippen LogP contribution in [0, 0.1) is 0 Å². The molecule has 2 N–H and O–H groups in total. The summed E-state index contributed by atoms with van der Waals surface area (Å²) < 4.78 is 0. The second-order valence-electron chi connectivity index (χ2n) is 2.89. The fourth-order valence-corrected chi connectivity index (χ4v) is 1.03. The molecule has 13 heavy (non-hydrogen) atoms. The summed E-state index contributed by atoms with van der Waals surface area (Å²) in [6, 6.07) is -0.158. The van der Waals surface area contributed by atoms with Gasteiger partial charge < -0.3 is 10.6 Å². The van der Waals surface area contributed by atoms with Gasteiger partial charge in [0.05, 0.1) is 12.3 Å². The minimum absolute atomic E-state index is 0.158. The monoisotopic (exact) mass is 182 g/mol. The van der Waals surface area contributed by atoms with Gasteiger partial charge in [0.25, 0.3) is 0 Å². The number of hydrogen-bond donors (Lipinski definition) is 2. The molecule has 2 amide bonds. The Labute approximate surface area is 77.3 Å². The van der Waals surface area contributed by atoms with Crippen LogP contribution in [0.2, 0.25) is 0 Å². The van der Waals surface area contributed by atoms with E-state index in [9.17, 15) is 4.79 Å². The number of carbonyl (C=O) groups is 1. The van der Waals surface area contributed by atoms with Crippen LogP contribution < -0.4 is 10.6 Å². The lowest BCUT2D eigenvalue weighted by molar-refractivity contribution is 0.242. The molecule has 0 aliphatic carbocycles. The third kappa shape index (κ3) is 3.23. The summed E-state index contributed by atoms with van der Waals surface area (Å²) in [5.74, 6) is 0. The molecule has 1 rings (SSSR count). The predicted octanol–water partition coefficient (Wildman–Crippen LogP) is 0.526. The van der Waals surface area contributed by atoms with Crippen LogP contribution in [0.1, 0.15) is 20.3 Å². The molecule has 0 bridgehead atoms. The van der Waals surface area contributed by atoms with E-state index in [-0.39, 0.29) is 6.03 Å². The fourth-order valence-electron chi connectivity index (χ4n) is 1.03. The topological polar surface area (TPSA) is 65.8 Å². The quantitative estimate of drug-likeness (QED) is 0.656. The molecule has 0 unspecified atom stereocenters. The Morgan fingerprint density at radius 1 is 1.46 bits per heavy atom. The van der Waals surface area contributed by atoms with Gasteiger partial charge in [-0.1, -0.05) is 0 Å². The normalized spacial score (nSPS) is 14.9. The van der Waals surface area contributed by atoms with Gasteiger partial charge >= 0.3 is 6.03 Å². The first-order chi connectivity index (χ1) is 6.22. The van der Waals surface area contributed by atoms with Gasteiger partial charge in [-0.2, -0.15) is 10.2 Å². The average Bonchev–Trinajstić information content (AvgIpc) is 2.49. The molecule has 0 radical (unpaired) electrons. The van der Waals surface area contributed by atoms with Gasteiger partial charge in [-0.05, 0) is 13.8 Å². The molecule has 0 saturated heterocycles. The SMILES string of the molecule is CCNC(=O)NCC1=NN=C(C)C1. The first-order valence-corrected chi connectivity index (χ1v) is 4.33. The number of rotatable bonds is 3. The lowest BCUT2D eigenvalue weighted by atomic mass is 10.2. The Morgan fingerprint density at radius 2 is 2.23 bits per heavy atom. The maximum absolute atomic E-state index is 11.0. The number of nitrogens with zero attached hydrogens (tertiary/aromatic N) is 2. The Bertz CT molecular complexity index is 257. The van der Waals surface area contributed by atoms with E-state index in [0.717, 1.165) is 17.8 Å². The highest BCUT2D eigenvalue weighted by Crippen LogP contribution is 2.00. The van der Waals surface area contributed by atoms with Crippen molar-refractivity contribution in [3.8, 4) is 0 Å². The van der Waals surface area contributed by atoms with E-state index in [1.807, 2.05) is 13.8 Å². The minimum Gasteiger partial charge on any atom is -0.338 e. The largest absolute Gasteiger partial charge is 0.338 e. The standard InChI is InChI=1S/C8H14N4O/c1-3-9-8(13)10-5-7-4-6(2)11-12-7/h3-5H2,1-2H3,(H2,9,10,13). The fraction of sp³-hybridized carbons (Fsp3) is 0.625. The number of urea groups is 1. The average molecular weight is 182 g/mol. The zero-order valence-electron chi connectivity index (χ0n) is 7.92. The highest BCUT2D eigenvalue weighted by Gasteiger charge is 2.08. The van der Waals surface area contributed by atoms with Crippen molar-refractivity contribution in [2.75, 3.05) is 13.1 Å². The molecule has 0 aromatic rings. The van der Waals surface area contributed by atoms with Gasteiger partial charge in [0, 0.05) is 18.7 Å². The van der Waals surface area contributed by atoms with Crippen LogP contribution >= 0.6 is 0 Å². The lowest BCUT2D eigenvalue weighted by Gasteiger charge is -2.04. The first-order valence-electron chi connectivity index (χ1n) is 4.33. The maximum atomic E-state index is 11.0. The molecule has 0 saturated carbocycles. The maximum Gasteiger partial charge on any atom is 0.315 e. The minimum atomic E-state index is -0.158. The van der Waals surface area contributed by atoms with Gasteiger partial charge in [0.1, 0.15) is 0 Å². The summed E-state index contributed by atoms with van der Waals surface area (Å²) in [7, 11) is 0. The second-order valence-corrected chi connectivity index (χ2v) is 2.89. The van der Waals surface area contributed by atoms with E-state index in [0.29, 0.717) is 13.1 Å². The van der Waals surface area contributed by atoms with Crippen LogP contribution in [0.4, 0.5) is 4.79 Å². The predicted molar refractivity (Wildman–Crippen MR) is 52.2 cm³/mol. The van der Waals surface area contributed by atoms with Crippen molar-refractivity contribution >= 4 is 17.5 Å². The van der Waals surface area contributed by atoms with Gasteiger partial charge in [-0.3, -0.25) is 0 Å². The van der Waals surface area contributed by atoms with E-state index in [1.54, 1.807) is 0 Å². The van der Waals surface area contributed by atoms with Crippen molar-refractivity contribution < 1.29 is 4.79 Å². The van der Waals surface area contributed by atoms with Crippen LogP contribution in [0.15, 0.2) is 10.2 Å². The van der Waals surface area contributed by atoms with E-state index in [1.165, 1.54) is 0 Å². The van der Waals surface area contributed by atoms with Crippen LogP contribution in [0.25, 0.3) is 0 Å². The summed E-state index contributed by atoms with van der Waals surface area (Å²) in [4.78, 5) is 11.0. The number of amides is 2. The van der Waals surface area contributed by atoms with Crippen molar-refractivity contribution in [3.05, 3.63) is 0 Å². The summed E-state index contributed by atoms with van der Waals surface area (Å²) in [6.45, 7) is 4.91. The highest BCUT2D eigenvalue weighted by atomic mass is 16.2. The molecule has 0 spiro atoms. The lowest BCUT2D eigenvalue weighted by Crippen LogP contribution is -2.38. The molecule has 1 heterocycles. The Hall–Kier alpha value is -1.39. The third-order valence-corrected chi connectivity index (χ3v) is 1.61. The van der Waals surface area contributed by atoms with Crippen molar-refractivity contribution in [2.45, 2.75) is 20.3 Å². The summed E-state index contributed by atoms with van der Waals surface area (Å²) in [6.07, 6.45) is 0.770. The van der Waals surface area contributed by atoms with Crippen molar-refractivity contribution in [1.29, 1.82) is 0 Å². The van der Waals surface area contributed by atoms with Gasteiger partial charge in [-0.25, -0.2) is 4.79 Å². The molecule has 72 valence electrons. The number of nitrogens with one attached hydrogen (secondary N) is 2. The molecule has 0 aromatic carbocycles. The third-order valence-electron chi connectivity index (χ3n) is 1.61. The van der Waals surface area contributed by atoms with Gasteiger partial charge in [-0.15, -0.1) is 0 Å². The van der Waals surface area contributed by atoms with E-state index in [2.05, 4.69) is 20.8 Å². The molecule has 0 atom stereocenters. The summed E-state index contributed by atoms with van der Waals surface area (Å²) in [5.41, 5.74) is 1.90. The van der Waals surface area contributed by atoms with Crippen LogP contribution in [-0.2, 0) is 0 Å². The first kappa shape index (κ1) is 9.70. The van der Waals surface area contributed by atoms with E-state index < -0.39 is 0 Å². The summed E-state index contributed by atoms with van der Waals surface area (Å²) >= 11 is 0. The van der Waals surface area contributed by atoms with Gasteiger partial charge in [0.15, 0.2) is 0 Å². The molecule has 0 fully saturated rings. The zero-order valence-corrected chi connectivity index (χ0v) is 7.92. The zero-order chi connectivity index (χ0) is 9.68. The molecule has 1 aliphatic heterocycles. The molecule has 5 nitrogen and oxygen atoms in total. The van der Waals surface area contributed by atoms with Crippen LogP contribution in [0.3, 0.4) is 0 Å². The second kappa shape index (κ2) is 4.59. The van der Waals surface area contributed by atoms with Crippen LogP contribution in [-0.4, -0.2) is 30.5 Å². The van der Waals surface area contributed by atoms with E-state index in [4.69, 9.17) is 0 Å². The Kier molecular flexibility index (Phi) is 3.42. The van der Waals surface area contributed by atoms with Crippen molar-refractivity contribution in [2.24, 2.45) is 10.2 Å². The smallest absolute Gasteiger partial charge is 0.315 e. The molecular weight excluding hydrogens is 168 g/mol. The highest BCUT2D eigenvalue weighted by molar-refractivity contribution is 6.07. The Morgan fingerprint density at radius 3 is 2.77 bits per heavy atom. The van der Waals surface area contributed by atoms with Crippen LogP contribution in [0.5, 0.6) is 0 Å². The van der Waals surface area contributed by atoms with Gasteiger partial charge in [0.2, 0.25) is 0 Å². The molecular formula is C8H14N4O.